The molecule has 2 aromatic carbocycles. The number of halogens is 1. The van der Waals surface area contributed by atoms with E-state index in [0.717, 1.165) is 0 Å². The lowest BCUT2D eigenvalue weighted by atomic mass is 10.1. The van der Waals surface area contributed by atoms with Gasteiger partial charge in [-0.1, -0.05) is 11.7 Å². The SMILES string of the molecule is C=CC(=O)N1CC(Oc2cc3c(Nc4ccc(Oc5cc(-c6nc(C)no6)ccn5)cc4F)ncnc3cc2OC)C1. The van der Waals surface area contributed by atoms with Gasteiger partial charge in [0.1, 0.15) is 29.8 Å². The molecule has 1 fully saturated rings. The van der Waals surface area contributed by atoms with E-state index in [0.29, 0.717) is 58.6 Å². The van der Waals surface area contributed by atoms with Crippen LogP contribution in [0.1, 0.15) is 5.82 Å². The topological polar surface area (TPSA) is 138 Å². The van der Waals surface area contributed by atoms with Crippen molar-refractivity contribution in [2.75, 3.05) is 25.5 Å². The van der Waals surface area contributed by atoms with E-state index in [2.05, 4.69) is 37.0 Å². The van der Waals surface area contributed by atoms with Crippen molar-refractivity contribution in [3.8, 4) is 34.6 Å². The molecule has 3 aromatic heterocycles. The lowest BCUT2D eigenvalue weighted by Crippen LogP contribution is -2.55. The molecule has 13 heteroatoms. The van der Waals surface area contributed by atoms with Crippen molar-refractivity contribution in [1.82, 2.24) is 30.0 Å². The number of carbonyl (C=O) groups is 1. The van der Waals surface area contributed by atoms with Crippen LogP contribution >= 0.6 is 0 Å². The number of aryl methyl sites for hydroxylation is 1. The van der Waals surface area contributed by atoms with E-state index >= 15 is 4.39 Å². The average Bonchev–Trinajstić information content (AvgIpc) is 3.42. The Balaban J connectivity index is 1.21. The van der Waals surface area contributed by atoms with Crippen LogP contribution in [0.2, 0.25) is 0 Å². The molecule has 0 atom stereocenters. The highest BCUT2D eigenvalue weighted by Gasteiger charge is 2.31. The largest absolute Gasteiger partial charge is 0.493 e. The van der Waals surface area contributed by atoms with E-state index in [4.69, 9.17) is 18.7 Å². The van der Waals surface area contributed by atoms with E-state index in [1.54, 1.807) is 42.2 Å². The third kappa shape index (κ3) is 5.39. The minimum absolute atomic E-state index is 0.151. The molecule has 0 radical (unpaired) electrons. The van der Waals surface area contributed by atoms with Gasteiger partial charge in [-0.15, -0.1) is 0 Å². The first-order valence-electron chi connectivity index (χ1n) is 12.8. The Morgan fingerprint density at radius 1 is 1.14 bits per heavy atom. The maximum atomic E-state index is 15.2. The Bertz CT molecular complexity index is 1810. The first-order valence-corrected chi connectivity index (χ1v) is 12.8. The molecule has 0 spiro atoms. The zero-order valence-corrected chi connectivity index (χ0v) is 22.6. The smallest absolute Gasteiger partial charge is 0.258 e. The highest BCUT2D eigenvalue weighted by molar-refractivity contribution is 5.93. The van der Waals surface area contributed by atoms with Crippen molar-refractivity contribution in [3.63, 3.8) is 0 Å². The monoisotopic (exact) mass is 569 g/mol. The summed E-state index contributed by atoms with van der Waals surface area (Å²) in [6.07, 6.45) is 3.96. The molecule has 1 amide bonds. The molecule has 12 nitrogen and oxygen atoms in total. The number of fused-ring (bicyclic) bond motifs is 1. The molecular formula is C29H24FN7O5. The molecule has 1 saturated heterocycles. The number of hydrogen-bond donors (Lipinski definition) is 1. The summed E-state index contributed by atoms with van der Waals surface area (Å²) in [7, 11) is 1.53. The number of rotatable bonds is 9. The zero-order chi connectivity index (χ0) is 29.2. The van der Waals surface area contributed by atoms with Gasteiger partial charge in [-0.3, -0.25) is 4.79 Å². The van der Waals surface area contributed by atoms with Crippen LogP contribution in [0.25, 0.3) is 22.4 Å². The summed E-state index contributed by atoms with van der Waals surface area (Å²) in [5.41, 5.74) is 1.35. The van der Waals surface area contributed by atoms with Crippen LogP contribution in [0.4, 0.5) is 15.9 Å². The highest BCUT2D eigenvalue weighted by atomic mass is 19.1. The van der Waals surface area contributed by atoms with E-state index in [-0.39, 0.29) is 29.3 Å². The normalized spacial score (nSPS) is 13.0. The fourth-order valence-electron chi connectivity index (χ4n) is 4.34. The number of anilines is 2. The molecule has 0 aliphatic carbocycles. The van der Waals surface area contributed by atoms with Crippen LogP contribution in [0, 0.1) is 12.7 Å². The Morgan fingerprint density at radius 2 is 2.00 bits per heavy atom. The minimum Gasteiger partial charge on any atom is -0.493 e. The summed E-state index contributed by atoms with van der Waals surface area (Å²) in [5, 5.41) is 7.40. The fourth-order valence-corrected chi connectivity index (χ4v) is 4.34. The molecule has 42 heavy (non-hydrogen) atoms. The summed E-state index contributed by atoms with van der Waals surface area (Å²) in [4.78, 5) is 30.4. The van der Waals surface area contributed by atoms with Crippen LogP contribution in [0.3, 0.4) is 0 Å². The fraction of sp³-hybridized carbons (Fsp3) is 0.172. The third-order valence-corrected chi connectivity index (χ3v) is 6.47. The molecule has 1 aliphatic heterocycles. The van der Waals surface area contributed by atoms with Crippen LogP contribution in [-0.4, -0.2) is 62.2 Å². The second kappa shape index (κ2) is 11.1. The van der Waals surface area contributed by atoms with Crippen molar-refractivity contribution < 1.29 is 27.9 Å². The van der Waals surface area contributed by atoms with Crippen molar-refractivity contribution in [3.05, 3.63) is 79.3 Å². The van der Waals surface area contributed by atoms with Gasteiger partial charge in [0.05, 0.1) is 31.4 Å². The Labute approximate surface area is 238 Å². The average molecular weight is 570 g/mol. The van der Waals surface area contributed by atoms with Crippen molar-refractivity contribution >= 4 is 28.3 Å². The quantitative estimate of drug-likeness (QED) is 0.244. The van der Waals surface area contributed by atoms with Crippen molar-refractivity contribution in [1.29, 1.82) is 0 Å². The lowest BCUT2D eigenvalue weighted by Gasteiger charge is -2.38. The van der Waals surface area contributed by atoms with Crippen LogP contribution in [0.5, 0.6) is 23.1 Å². The van der Waals surface area contributed by atoms with Gasteiger partial charge in [-0.2, -0.15) is 4.98 Å². The maximum absolute atomic E-state index is 15.2. The minimum atomic E-state index is -0.575. The van der Waals surface area contributed by atoms with Gasteiger partial charge >= 0.3 is 0 Å². The van der Waals surface area contributed by atoms with E-state index in [1.807, 2.05) is 0 Å². The number of hydrogen-bond acceptors (Lipinski definition) is 11. The van der Waals surface area contributed by atoms with E-state index in [9.17, 15) is 4.79 Å². The number of aromatic nitrogens is 5. The molecule has 1 aliphatic rings. The summed E-state index contributed by atoms with van der Waals surface area (Å²) in [6, 6.07) is 11.1. The molecule has 1 N–H and O–H groups in total. The number of carbonyl (C=O) groups excluding carboxylic acids is 1. The zero-order valence-electron chi connectivity index (χ0n) is 22.6. The number of nitrogens with one attached hydrogen (secondary N) is 1. The summed E-state index contributed by atoms with van der Waals surface area (Å²) >= 11 is 0. The molecule has 6 rings (SSSR count). The van der Waals surface area contributed by atoms with E-state index < -0.39 is 5.82 Å². The van der Waals surface area contributed by atoms with Crippen molar-refractivity contribution in [2.24, 2.45) is 0 Å². The van der Waals surface area contributed by atoms with Gasteiger partial charge in [0, 0.05) is 35.3 Å². The lowest BCUT2D eigenvalue weighted by molar-refractivity contribution is -0.134. The van der Waals surface area contributed by atoms with Crippen LogP contribution in [-0.2, 0) is 4.79 Å². The van der Waals surface area contributed by atoms with Gasteiger partial charge in [0.25, 0.3) is 5.89 Å². The first-order chi connectivity index (χ1) is 20.4. The number of methoxy groups -OCH3 is 1. The van der Waals surface area contributed by atoms with Crippen LogP contribution < -0.4 is 19.5 Å². The van der Waals surface area contributed by atoms with Gasteiger partial charge in [0.15, 0.2) is 17.3 Å². The number of amides is 1. The summed E-state index contributed by atoms with van der Waals surface area (Å²) in [5.74, 6) is 1.86. The molecule has 0 unspecified atom stereocenters. The Kier molecular flexibility index (Phi) is 7.05. The van der Waals surface area contributed by atoms with Gasteiger partial charge in [-0.05, 0) is 37.3 Å². The van der Waals surface area contributed by atoms with Gasteiger partial charge in [-0.25, -0.2) is 19.3 Å². The summed E-state index contributed by atoms with van der Waals surface area (Å²) < 4.78 is 37.8. The Hall–Kier alpha value is -5.59. The first kappa shape index (κ1) is 26.6. The molecule has 212 valence electrons. The van der Waals surface area contributed by atoms with Crippen molar-refractivity contribution in [2.45, 2.75) is 13.0 Å². The molecule has 0 bridgehead atoms. The van der Waals surface area contributed by atoms with Gasteiger partial charge < -0.3 is 29.0 Å². The van der Waals surface area contributed by atoms with E-state index in [1.165, 1.54) is 37.8 Å². The number of benzene rings is 2. The predicted octanol–water partition coefficient (Wildman–Crippen LogP) is 4.84. The Morgan fingerprint density at radius 3 is 2.74 bits per heavy atom. The van der Waals surface area contributed by atoms with Crippen LogP contribution in [0.15, 0.2) is 72.2 Å². The number of ether oxygens (including phenoxy) is 3. The number of nitrogens with zero attached hydrogens (tertiary/aromatic N) is 6. The predicted molar refractivity (Wildman–Crippen MR) is 149 cm³/mol. The summed E-state index contributed by atoms with van der Waals surface area (Å²) in [6.45, 7) is 6.08. The molecule has 4 heterocycles. The second-order valence-corrected chi connectivity index (χ2v) is 9.33. The maximum Gasteiger partial charge on any atom is 0.258 e. The van der Waals surface area contributed by atoms with Gasteiger partial charge in [0.2, 0.25) is 11.8 Å². The third-order valence-electron chi connectivity index (χ3n) is 6.47. The highest BCUT2D eigenvalue weighted by Crippen LogP contribution is 2.37. The standard InChI is InChI=1S/C29H24FN7O5/c1-4-27(38)37-13-19(14-37)40-25-11-20-23(12-24(25)39-3)32-15-33-28(20)35-22-6-5-18(10-21(22)30)41-26-9-17(7-8-31-26)29-34-16(2)36-42-29/h4-12,15,19H,1,13-14H2,2-3H3,(H,32,33,35). The number of pyridine rings is 1. The number of likely N-dealkylation sites (tertiary alicyclic amines) is 1. The second-order valence-electron chi connectivity index (χ2n) is 9.33. The molecule has 0 saturated carbocycles. The molecule has 5 aromatic rings. The molecular weight excluding hydrogens is 545 g/mol.